The van der Waals surface area contributed by atoms with Gasteiger partial charge in [0.25, 0.3) is 0 Å². The Hall–Kier alpha value is -2.14. The van der Waals surface area contributed by atoms with Crippen LogP contribution in [-0.2, 0) is 19.4 Å². The average Bonchev–Trinajstić information content (AvgIpc) is 2.67. The lowest BCUT2D eigenvalue weighted by Gasteiger charge is -2.19. The Morgan fingerprint density at radius 3 is 2.70 bits per heavy atom. The molecule has 5 nitrogen and oxygen atoms in total. The molecule has 0 amide bonds. The Labute approximate surface area is 117 Å². The lowest BCUT2D eigenvalue weighted by atomic mass is 10.2. The number of rotatable bonds is 2. The SMILES string of the molecule is N=c1cnc2c(n1O)CCN(Cc1ccccc1)CC2. The number of aromatic nitrogens is 2. The molecule has 1 aliphatic rings. The molecular formula is C15H18N4O. The molecule has 0 saturated heterocycles. The summed E-state index contributed by atoms with van der Waals surface area (Å²) in [6.07, 6.45) is 2.94. The van der Waals surface area contributed by atoms with Gasteiger partial charge < -0.3 is 5.21 Å². The molecule has 5 heteroatoms. The molecule has 104 valence electrons. The Morgan fingerprint density at radius 2 is 1.90 bits per heavy atom. The van der Waals surface area contributed by atoms with Crippen LogP contribution in [0.5, 0.6) is 0 Å². The van der Waals surface area contributed by atoms with E-state index in [0.717, 1.165) is 48.6 Å². The molecule has 20 heavy (non-hydrogen) atoms. The third kappa shape index (κ3) is 2.58. The van der Waals surface area contributed by atoms with Gasteiger partial charge in [0, 0.05) is 32.5 Å². The minimum Gasteiger partial charge on any atom is -0.427 e. The minimum absolute atomic E-state index is 0.0419. The fourth-order valence-electron chi connectivity index (χ4n) is 2.63. The highest BCUT2D eigenvalue weighted by Crippen LogP contribution is 2.13. The largest absolute Gasteiger partial charge is 0.427 e. The summed E-state index contributed by atoms with van der Waals surface area (Å²) < 4.78 is 0.967. The normalized spacial score (nSPS) is 15.6. The minimum atomic E-state index is 0.0419. The van der Waals surface area contributed by atoms with Crippen molar-refractivity contribution in [2.24, 2.45) is 0 Å². The zero-order chi connectivity index (χ0) is 13.9. The number of hydrogen-bond acceptors (Lipinski definition) is 4. The monoisotopic (exact) mass is 270 g/mol. The number of hydrogen-bond donors (Lipinski definition) is 2. The van der Waals surface area contributed by atoms with Gasteiger partial charge in [-0.3, -0.25) is 15.3 Å². The Kier molecular flexibility index (Phi) is 3.52. The molecule has 0 bridgehead atoms. The van der Waals surface area contributed by atoms with Gasteiger partial charge in [0.1, 0.15) is 0 Å². The molecule has 2 aromatic rings. The summed E-state index contributed by atoms with van der Waals surface area (Å²) >= 11 is 0. The number of fused-ring (bicyclic) bond motifs is 1. The van der Waals surface area contributed by atoms with Crippen LogP contribution in [0.25, 0.3) is 0 Å². The summed E-state index contributed by atoms with van der Waals surface area (Å²) in [6, 6.07) is 10.4. The van der Waals surface area contributed by atoms with Crippen molar-refractivity contribution in [1.29, 1.82) is 5.41 Å². The van der Waals surface area contributed by atoms with Crippen LogP contribution < -0.4 is 5.49 Å². The molecule has 1 aromatic carbocycles. The summed E-state index contributed by atoms with van der Waals surface area (Å²) in [5, 5.41) is 17.5. The van der Waals surface area contributed by atoms with E-state index in [9.17, 15) is 5.21 Å². The van der Waals surface area contributed by atoms with E-state index < -0.39 is 0 Å². The van der Waals surface area contributed by atoms with Gasteiger partial charge in [0.15, 0.2) is 5.49 Å². The van der Waals surface area contributed by atoms with Crippen LogP contribution in [-0.4, -0.2) is 32.9 Å². The smallest absolute Gasteiger partial charge is 0.179 e. The molecule has 1 aromatic heterocycles. The Bertz CT molecular complexity index is 651. The van der Waals surface area contributed by atoms with Gasteiger partial charge in [-0.1, -0.05) is 30.3 Å². The van der Waals surface area contributed by atoms with Crippen molar-refractivity contribution < 1.29 is 5.21 Å². The van der Waals surface area contributed by atoms with E-state index in [1.165, 1.54) is 11.8 Å². The fourth-order valence-corrected chi connectivity index (χ4v) is 2.63. The average molecular weight is 270 g/mol. The molecule has 0 spiro atoms. The first-order valence-electron chi connectivity index (χ1n) is 6.84. The molecule has 1 aliphatic heterocycles. The summed E-state index contributed by atoms with van der Waals surface area (Å²) in [6.45, 7) is 2.70. The van der Waals surface area contributed by atoms with Crippen LogP contribution in [0.15, 0.2) is 36.5 Å². The van der Waals surface area contributed by atoms with E-state index in [1.807, 2.05) is 6.07 Å². The molecule has 0 radical (unpaired) electrons. The maximum atomic E-state index is 9.92. The number of nitrogens with one attached hydrogen (secondary N) is 1. The second-order valence-electron chi connectivity index (χ2n) is 5.11. The topological polar surface area (TPSA) is 65.1 Å². The first kappa shape index (κ1) is 12.9. The molecule has 2 N–H and O–H groups in total. The van der Waals surface area contributed by atoms with Gasteiger partial charge in [-0.05, 0) is 5.56 Å². The zero-order valence-corrected chi connectivity index (χ0v) is 11.3. The molecule has 0 saturated carbocycles. The number of nitrogens with zero attached hydrogens (tertiary/aromatic N) is 3. The Balaban J connectivity index is 1.76. The standard InChI is InChI=1S/C15H18N4O/c16-15-10-17-13-6-8-18(9-7-14(13)19(15)20)11-12-4-2-1-3-5-12/h1-5,10,16,20H,6-9,11H2. The van der Waals surface area contributed by atoms with Crippen molar-refractivity contribution in [3.63, 3.8) is 0 Å². The van der Waals surface area contributed by atoms with Crippen molar-refractivity contribution in [2.75, 3.05) is 13.1 Å². The van der Waals surface area contributed by atoms with E-state index in [2.05, 4.69) is 34.1 Å². The molecule has 0 aliphatic carbocycles. The molecular weight excluding hydrogens is 252 g/mol. The molecule has 0 fully saturated rings. The van der Waals surface area contributed by atoms with Gasteiger partial charge in [-0.2, -0.15) is 4.73 Å². The molecule has 0 atom stereocenters. The summed E-state index contributed by atoms with van der Waals surface area (Å²) in [5.74, 6) is 0. The van der Waals surface area contributed by atoms with Crippen LogP contribution in [0.4, 0.5) is 0 Å². The van der Waals surface area contributed by atoms with Gasteiger partial charge >= 0.3 is 0 Å². The zero-order valence-electron chi connectivity index (χ0n) is 11.3. The lowest BCUT2D eigenvalue weighted by Crippen LogP contribution is -2.26. The van der Waals surface area contributed by atoms with Crippen molar-refractivity contribution in [1.82, 2.24) is 14.6 Å². The fraction of sp³-hybridized carbons (Fsp3) is 0.333. The van der Waals surface area contributed by atoms with Crippen LogP contribution in [0.3, 0.4) is 0 Å². The van der Waals surface area contributed by atoms with Gasteiger partial charge in [-0.15, -0.1) is 0 Å². The third-order valence-corrected chi connectivity index (χ3v) is 3.74. The van der Waals surface area contributed by atoms with Crippen LogP contribution in [0.1, 0.15) is 17.0 Å². The van der Waals surface area contributed by atoms with Crippen LogP contribution in [0, 0.1) is 5.41 Å². The second kappa shape index (κ2) is 5.46. The van der Waals surface area contributed by atoms with Gasteiger partial charge in [-0.25, -0.2) is 0 Å². The maximum absolute atomic E-state index is 9.92. The summed E-state index contributed by atoms with van der Waals surface area (Å²) in [7, 11) is 0. The van der Waals surface area contributed by atoms with E-state index >= 15 is 0 Å². The predicted octanol–water partition coefficient (Wildman–Crippen LogP) is 1.20. The summed E-state index contributed by atoms with van der Waals surface area (Å²) in [4.78, 5) is 6.65. The predicted molar refractivity (Wildman–Crippen MR) is 74.4 cm³/mol. The highest BCUT2D eigenvalue weighted by Gasteiger charge is 2.17. The second-order valence-corrected chi connectivity index (χ2v) is 5.11. The Morgan fingerprint density at radius 1 is 1.15 bits per heavy atom. The van der Waals surface area contributed by atoms with Crippen molar-refractivity contribution in [3.05, 3.63) is 59.0 Å². The van der Waals surface area contributed by atoms with E-state index in [4.69, 9.17) is 5.41 Å². The van der Waals surface area contributed by atoms with Crippen molar-refractivity contribution >= 4 is 0 Å². The van der Waals surface area contributed by atoms with E-state index in [1.54, 1.807) is 0 Å². The highest BCUT2D eigenvalue weighted by molar-refractivity contribution is 5.17. The molecule has 2 heterocycles. The van der Waals surface area contributed by atoms with Crippen molar-refractivity contribution in [3.8, 4) is 0 Å². The number of benzene rings is 1. The highest BCUT2D eigenvalue weighted by atomic mass is 16.5. The lowest BCUT2D eigenvalue weighted by molar-refractivity contribution is 0.157. The quantitative estimate of drug-likeness (QED) is 0.806. The van der Waals surface area contributed by atoms with Crippen LogP contribution in [0.2, 0.25) is 0 Å². The third-order valence-electron chi connectivity index (χ3n) is 3.74. The van der Waals surface area contributed by atoms with Crippen molar-refractivity contribution in [2.45, 2.75) is 19.4 Å². The first-order chi connectivity index (χ1) is 9.74. The summed E-state index contributed by atoms with van der Waals surface area (Å²) in [5.41, 5.74) is 3.01. The van der Waals surface area contributed by atoms with E-state index in [0.29, 0.717) is 0 Å². The molecule has 3 rings (SSSR count). The maximum Gasteiger partial charge on any atom is 0.179 e. The van der Waals surface area contributed by atoms with E-state index in [-0.39, 0.29) is 5.49 Å². The van der Waals surface area contributed by atoms with Gasteiger partial charge in [0.05, 0.1) is 17.6 Å². The van der Waals surface area contributed by atoms with Crippen LogP contribution >= 0.6 is 0 Å². The first-order valence-corrected chi connectivity index (χ1v) is 6.84. The molecule has 0 unspecified atom stereocenters. The van der Waals surface area contributed by atoms with Gasteiger partial charge in [0.2, 0.25) is 0 Å².